The van der Waals surface area contributed by atoms with Gasteiger partial charge in [-0.3, -0.25) is 4.79 Å². The second-order valence-electron chi connectivity index (χ2n) is 6.19. The maximum absolute atomic E-state index is 12.7. The van der Waals surface area contributed by atoms with E-state index >= 15 is 0 Å². The highest BCUT2D eigenvalue weighted by molar-refractivity contribution is 5.96. The van der Waals surface area contributed by atoms with Gasteiger partial charge in [-0.2, -0.15) is 4.52 Å². The fraction of sp³-hybridized carbons (Fsp3) is 0.235. The van der Waals surface area contributed by atoms with E-state index in [0.717, 1.165) is 21.7 Å². The zero-order valence-electron chi connectivity index (χ0n) is 14.6. The topological polar surface area (TPSA) is 149 Å². The summed E-state index contributed by atoms with van der Waals surface area (Å²) in [6.45, 7) is 0. The van der Waals surface area contributed by atoms with Gasteiger partial charge in [-0.25, -0.2) is 14.6 Å². The lowest BCUT2D eigenvalue weighted by atomic mass is 10.0. The van der Waals surface area contributed by atoms with Crippen molar-refractivity contribution in [2.75, 3.05) is 7.11 Å². The minimum Gasteiger partial charge on any atom is -0.477 e. The summed E-state index contributed by atoms with van der Waals surface area (Å²) in [5.74, 6) is -2.33. The van der Waals surface area contributed by atoms with Crippen molar-refractivity contribution in [2.24, 2.45) is 0 Å². The summed E-state index contributed by atoms with van der Waals surface area (Å²) in [6, 6.07) is 6.02. The lowest BCUT2D eigenvalue weighted by Crippen LogP contribution is -2.28. The number of hydrogen-bond donors (Lipinski definition) is 2. The van der Waals surface area contributed by atoms with E-state index in [1.54, 1.807) is 18.2 Å². The molecule has 11 nitrogen and oxygen atoms in total. The smallest absolute Gasteiger partial charge is 0.354 e. The predicted molar refractivity (Wildman–Crippen MR) is 91.8 cm³/mol. The van der Waals surface area contributed by atoms with E-state index in [0.29, 0.717) is 18.4 Å². The number of carboxylic acids is 1. The zero-order valence-corrected chi connectivity index (χ0v) is 14.6. The minimum absolute atomic E-state index is 0.0837. The number of nitrogens with one attached hydrogen (secondary N) is 1. The fourth-order valence-electron chi connectivity index (χ4n) is 3.25. The molecule has 11 heteroatoms. The van der Waals surface area contributed by atoms with Crippen LogP contribution in [0.4, 0.5) is 0 Å². The number of aryl methyl sites for hydroxylation is 1. The third kappa shape index (κ3) is 2.92. The van der Waals surface area contributed by atoms with Gasteiger partial charge < -0.3 is 15.2 Å². The average Bonchev–Trinajstić information content (AvgIpc) is 3.32. The maximum Gasteiger partial charge on any atom is 0.354 e. The molecule has 0 fully saturated rings. The number of aromatic nitrogens is 5. The number of esters is 1. The quantitative estimate of drug-likeness (QED) is 0.612. The van der Waals surface area contributed by atoms with Crippen LogP contribution >= 0.6 is 0 Å². The van der Waals surface area contributed by atoms with Gasteiger partial charge in [0, 0.05) is 6.07 Å². The van der Waals surface area contributed by atoms with Gasteiger partial charge in [-0.15, -0.1) is 0 Å². The van der Waals surface area contributed by atoms with Gasteiger partial charge in [0.1, 0.15) is 5.69 Å². The molecule has 142 valence electrons. The minimum atomic E-state index is -1.28. The Bertz CT molecular complexity index is 1120. The van der Waals surface area contributed by atoms with E-state index < -0.39 is 17.8 Å². The van der Waals surface area contributed by atoms with E-state index in [-0.39, 0.29) is 23.2 Å². The van der Waals surface area contributed by atoms with Crippen molar-refractivity contribution in [3.8, 4) is 0 Å². The van der Waals surface area contributed by atoms with Crippen LogP contribution in [0.15, 0.2) is 24.3 Å². The van der Waals surface area contributed by atoms with Gasteiger partial charge in [-0.1, -0.05) is 11.2 Å². The van der Waals surface area contributed by atoms with Crippen molar-refractivity contribution >= 4 is 23.6 Å². The number of carbonyl (C=O) groups excluding carboxylic acids is 2. The molecular weight excluding hydrogens is 368 g/mol. The van der Waals surface area contributed by atoms with Crippen LogP contribution in [0.1, 0.15) is 54.9 Å². The van der Waals surface area contributed by atoms with Crippen LogP contribution in [0, 0.1) is 0 Å². The lowest BCUT2D eigenvalue weighted by molar-refractivity contribution is 0.0599. The van der Waals surface area contributed by atoms with Crippen molar-refractivity contribution in [1.82, 2.24) is 30.3 Å². The molecule has 0 bridgehead atoms. The third-order valence-corrected chi connectivity index (χ3v) is 4.57. The summed E-state index contributed by atoms with van der Waals surface area (Å²) in [5, 5.41) is 22.7. The second kappa shape index (κ2) is 6.68. The number of hydrogen-bond acceptors (Lipinski definition) is 8. The predicted octanol–water partition coefficient (Wildman–Crippen LogP) is 0.421. The Morgan fingerprint density at radius 2 is 2.11 bits per heavy atom. The molecule has 0 radical (unpaired) electrons. The van der Waals surface area contributed by atoms with Crippen molar-refractivity contribution in [1.29, 1.82) is 0 Å². The van der Waals surface area contributed by atoms with Crippen molar-refractivity contribution in [3.63, 3.8) is 0 Å². The zero-order chi connectivity index (χ0) is 19.8. The molecule has 1 aliphatic carbocycles. The molecule has 2 aromatic heterocycles. The number of nitrogens with zero attached hydrogens (tertiary/aromatic N) is 5. The number of amides is 1. The van der Waals surface area contributed by atoms with E-state index in [9.17, 15) is 19.5 Å². The van der Waals surface area contributed by atoms with Crippen LogP contribution in [-0.2, 0) is 11.2 Å². The van der Waals surface area contributed by atoms with Gasteiger partial charge in [0.25, 0.3) is 11.7 Å². The SMILES string of the molecule is COC(=O)c1ccc2c(c1)CC[C@@H]2NC(=O)c1cc(C(=O)O)n2nnnc2n1. The van der Waals surface area contributed by atoms with Gasteiger partial charge in [0.2, 0.25) is 0 Å². The van der Waals surface area contributed by atoms with Crippen LogP contribution in [0.3, 0.4) is 0 Å². The first-order chi connectivity index (χ1) is 13.5. The number of carbonyl (C=O) groups is 3. The van der Waals surface area contributed by atoms with E-state index in [1.165, 1.54) is 7.11 Å². The van der Waals surface area contributed by atoms with Gasteiger partial charge >= 0.3 is 11.9 Å². The van der Waals surface area contributed by atoms with Crippen LogP contribution in [0.25, 0.3) is 5.78 Å². The maximum atomic E-state index is 12.7. The van der Waals surface area contributed by atoms with E-state index in [2.05, 4.69) is 25.8 Å². The standard InChI is InChI=1S/C17H14N6O5/c1-28-16(27)9-2-4-10-8(6-9)3-5-11(10)18-14(24)12-7-13(15(25)26)23-17(19-12)20-21-22-23/h2,4,6-7,11H,3,5H2,1H3,(H,18,24)(H,25,26)/t11-/m0/s1. The molecule has 1 aromatic carbocycles. The lowest BCUT2D eigenvalue weighted by Gasteiger charge is -2.14. The average molecular weight is 382 g/mol. The normalized spacial score (nSPS) is 15.2. The first-order valence-electron chi connectivity index (χ1n) is 8.32. The number of benzene rings is 1. The summed E-state index contributed by atoms with van der Waals surface area (Å²) >= 11 is 0. The molecule has 28 heavy (non-hydrogen) atoms. The molecule has 2 N–H and O–H groups in total. The molecule has 1 aliphatic rings. The first-order valence-corrected chi connectivity index (χ1v) is 8.32. The van der Waals surface area contributed by atoms with E-state index in [1.807, 2.05) is 0 Å². The summed E-state index contributed by atoms with van der Waals surface area (Å²) in [4.78, 5) is 39.7. The third-order valence-electron chi connectivity index (χ3n) is 4.57. The Labute approximate surface area is 157 Å². The van der Waals surface area contributed by atoms with Crippen molar-refractivity contribution in [3.05, 3.63) is 52.3 Å². The summed E-state index contributed by atoms with van der Waals surface area (Å²) in [6.07, 6.45) is 1.33. The van der Waals surface area contributed by atoms with Crippen LogP contribution in [0.2, 0.25) is 0 Å². The highest BCUT2D eigenvalue weighted by Crippen LogP contribution is 2.32. The van der Waals surface area contributed by atoms with Gasteiger partial charge in [0.05, 0.1) is 18.7 Å². The highest BCUT2D eigenvalue weighted by Gasteiger charge is 2.27. The molecule has 1 amide bonds. The molecule has 4 rings (SSSR count). The molecule has 0 saturated heterocycles. The number of aromatic carboxylic acids is 1. The largest absolute Gasteiger partial charge is 0.477 e. The van der Waals surface area contributed by atoms with Crippen LogP contribution in [0.5, 0.6) is 0 Å². The van der Waals surface area contributed by atoms with Gasteiger partial charge in [-0.05, 0) is 46.5 Å². The van der Waals surface area contributed by atoms with E-state index in [4.69, 9.17) is 4.74 Å². The fourth-order valence-corrected chi connectivity index (χ4v) is 3.25. The van der Waals surface area contributed by atoms with Crippen LogP contribution < -0.4 is 5.32 Å². The van der Waals surface area contributed by atoms with Crippen molar-refractivity contribution < 1.29 is 24.2 Å². The van der Waals surface area contributed by atoms with Crippen molar-refractivity contribution in [2.45, 2.75) is 18.9 Å². The molecule has 3 aromatic rings. The second-order valence-corrected chi connectivity index (χ2v) is 6.19. The summed E-state index contributed by atoms with van der Waals surface area (Å²) < 4.78 is 5.66. The molecule has 1 atom stereocenters. The Balaban J connectivity index is 1.60. The molecule has 2 heterocycles. The Kier molecular flexibility index (Phi) is 4.18. The first kappa shape index (κ1) is 17.5. The van der Waals surface area contributed by atoms with Crippen LogP contribution in [-0.4, -0.2) is 55.1 Å². The highest BCUT2D eigenvalue weighted by atomic mass is 16.5. The number of rotatable bonds is 4. The molecule has 0 aliphatic heterocycles. The Morgan fingerprint density at radius 3 is 2.86 bits per heavy atom. The molecule has 0 unspecified atom stereocenters. The Hall–Kier alpha value is -3.89. The summed E-state index contributed by atoms with van der Waals surface area (Å²) in [5.41, 5.74) is 1.92. The summed E-state index contributed by atoms with van der Waals surface area (Å²) in [7, 11) is 1.32. The monoisotopic (exact) mass is 382 g/mol. The number of ether oxygens (including phenoxy) is 1. The molecular formula is C17H14N6O5. The number of methoxy groups -OCH3 is 1. The Morgan fingerprint density at radius 1 is 1.29 bits per heavy atom. The number of tetrazole rings is 1. The number of fused-ring (bicyclic) bond motifs is 2. The van der Waals surface area contributed by atoms with Gasteiger partial charge in [0.15, 0.2) is 5.69 Å². The molecule has 0 spiro atoms. The number of carboxylic acid groups (broad SMARTS) is 1. The molecule has 0 saturated carbocycles.